The SMILES string of the molecule is COc1ccc(O)c(/C=N/NC(=O)CNc2ccc3ccccc3c2)c1. The van der Waals surface area contributed by atoms with E-state index in [1.807, 2.05) is 42.5 Å². The number of carbonyl (C=O) groups excluding carboxylic acids is 1. The fourth-order valence-electron chi connectivity index (χ4n) is 2.46. The number of phenols is 1. The van der Waals surface area contributed by atoms with Gasteiger partial charge in [0.1, 0.15) is 11.5 Å². The van der Waals surface area contributed by atoms with Crippen LogP contribution in [-0.4, -0.2) is 30.9 Å². The smallest absolute Gasteiger partial charge is 0.259 e. The first-order chi connectivity index (χ1) is 12.7. The van der Waals surface area contributed by atoms with Crippen molar-refractivity contribution in [3.05, 3.63) is 66.2 Å². The van der Waals surface area contributed by atoms with Gasteiger partial charge in [0.15, 0.2) is 0 Å². The zero-order chi connectivity index (χ0) is 18.4. The number of phenolic OH excluding ortho intramolecular Hbond substituents is 1. The molecule has 0 aliphatic rings. The van der Waals surface area contributed by atoms with Crippen molar-refractivity contribution in [2.24, 2.45) is 5.10 Å². The van der Waals surface area contributed by atoms with Crippen molar-refractivity contribution in [1.29, 1.82) is 0 Å². The van der Waals surface area contributed by atoms with Gasteiger partial charge in [-0.05, 0) is 41.1 Å². The molecule has 0 fully saturated rings. The molecule has 0 aliphatic carbocycles. The molecule has 26 heavy (non-hydrogen) atoms. The number of rotatable bonds is 6. The summed E-state index contributed by atoms with van der Waals surface area (Å²) in [7, 11) is 1.54. The molecule has 6 heteroatoms. The summed E-state index contributed by atoms with van der Waals surface area (Å²) in [5.41, 5.74) is 3.73. The van der Waals surface area contributed by atoms with Crippen molar-refractivity contribution in [1.82, 2.24) is 5.43 Å². The van der Waals surface area contributed by atoms with E-state index >= 15 is 0 Å². The highest BCUT2D eigenvalue weighted by molar-refractivity contribution is 5.88. The minimum Gasteiger partial charge on any atom is -0.507 e. The molecule has 3 N–H and O–H groups in total. The number of fused-ring (bicyclic) bond motifs is 1. The number of benzene rings is 3. The molecule has 3 rings (SSSR count). The summed E-state index contributed by atoms with van der Waals surface area (Å²) in [6.07, 6.45) is 1.37. The van der Waals surface area contributed by atoms with E-state index in [-0.39, 0.29) is 18.2 Å². The monoisotopic (exact) mass is 349 g/mol. The second-order valence-electron chi connectivity index (χ2n) is 5.63. The highest BCUT2D eigenvalue weighted by Gasteiger charge is 2.03. The van der Waals surface area contributed by atoms with Gasteiger partial charge < -0.3 is 15.2 Å². The number of hydrogen-bond acceptors (Lipinski definition) is 5. The number of nitrogens with zero attached hydrogens (tertiary/aromatic N) is 1. The van der Waals surface area contributed by atoms with Gasteiger partial charge in [0.25, 0.3) is 5.91 Å². The van der Waals surface area contributed by atoms with E-state index in [0.717, 1.165) is 16.5 Å². The minimum atomic E-state index is -0.295. The summed E-state index contributed by atoms with van der Waals surface area (Å²) in [5, 5.41) is 18.9. The molecule has 0 unspecified atom stereocenters. The van der Waals surface area contributed by atoms with Gasteiger partial charge in [0.2, 0.25) is 0 Å². The molecule has 0 bridgehead atoms. The predicted molar refractivity (Wildman–Crippen MR) is 103 cm³/mol. The molecule has 0 spiro atoms. The Morgan fingerprint density at radius 1 is 1.12 bits per heavy atom. The second-order valence-corrected chi connectivity index (χ2v) is 5.63. The van der Waals surface area contributed by atoms with Gasteiger partial charge in [0, 0.05) is 11.3 Å². The first-order valence-electron chi connectivity index (χ1n) is 8.07. The molecule has 6 nitrogen and oxygen atoms in total. The molecule has 0 radical (unpaired) electrons. The topological polar surface area (TPSA) is 83.0 Å². The standard InChI is InChI=1S/C20H19N3O3/c1-26-18-8-9-19(24)16(11-18)12-22-23-20(25)13-21-17-7-6-14-4-2-3-5-15(14)10-17/h2-12,21,24H,13H2,1H3,(H,23,25)/b22-12+. The predicted octanol–water partition coefficient (Wildman–Crippen LogP) is 3.12. The van der Waals surface area contributed by atoms with E-state index in [1.54, 1.807) is 12.1 Å². The maximum absolute atomic E-state index is 11.9. The number of hydrogen-bond donors (Lipinski definition) is 3. The molecule has 0 saturated carbocycles. The van der Waals surface area contributed by atoms with Gasteiger partial charge in [0.05, 0.1) is 19.9 Å². The van der Waals surface area contributed by atoms with E-state index < -0.39 is 0 Å². The van der Waals surface area contributed by atoms with Crippen LogP contribution in [0, 0.1) is 0 Å². The van der Waals surface area contributed by atoms with Gasteiger partial charge >= 0.3 is 0 Å². The number of methoxy groups -OCH3 is 1. The lowest BCUT2D eigenvalue weighted by atomic mass is 10.1. The van der Waals surface area contributed by atoms with E-state index in [2.05, 4.69) is 15.8 Å². The molecule has 3 aromatic carbocycles. The van der Waals surface area contributed by atoms with Crippen LogP contribution in [0.15, 0.2) is 65.8 Å². The Morgan fingerprint density at radius 3 is 2.73 bits per heavy atom. The molecular weight excluding hydrogens is 330 g/mol. The lowest BCUT2D eigenvalue weighted by molar-refractivity contribution is -0.119. The van der Waals surface area contributed by atoms with Gasteiger partial charge in [-0.25, -0.2) is 5.43 Å². The van der Waals surface area contributed by atoms with Gasteiger partial charge in [-0.3, -0.25) is 4.79 Å². The molecule has 0 aliphatic heterocycles. The minimum absolute atomic E-state index is 0.0538. The molecular formula is C20H19N3O3. The summed E-state index contributed by atoms with van der Waals surface area (Å²) in [4.78, 5) is 11.9. The van der Waals surface area contributed by atoms with Crippen molar-refractivity contribution in [2.45, 2.75) is 0 Å². The van der Waals surface area contributed by atoms with Crippen molar-refractivity contribution in [3.63, 3.8) is 0 Å². The Hall–Kier alpha value is -3.54. The third-order valence-electron chi connectivity index (χ3n) is 3.83. The van der Waals surface area contributed by atoms with Crippen LogP contribution in [0.1, 0.15) is 5.56 Å². The molecule has 1 amide bonds. The average Bonchev–Trinajstić information content (AvgIpc) is 2.67. The first-order valence-corrected chi connectivity index (χ1v) is 8.07. The summed E-state index contributed by atoms with van der Waals surface area (Å²) >= 11 is 0. The number of ether oxygens (including phenoxy) is 1. The number of carbonyl (C=O) groups is 1. The molecule has 0 aromatic heterocycles. The van der Waals surface area contributed by atoms with Crippen LogP contribution in [0.25, 0.3) is 10.8 Å². The highest BCUT2D eigenvalue weighted by atomic mass is 16.5. The van der Waals surface area contributed by atoms with Crippen LogP contribution in [0.5, 0.6) is 11.5 Å². The van der Waals surface area contributed by atoms with Crippen LogP contribution in [0.3, 0.4) is 0 Å². The van der Waals surface area contributed by atoms with E-state index in [9.17, 15) is 9.90 Å². The van der Waals surface area contributed by atoms with Crippen molar-refractivity contribution in [3.8, 4) is 11.5 Å². The van der Waals surface area contributed by atoms with Crippen LogP contribution >= 0.6 is 0 Å². The van der Waals surface area contributed by atoms with Crippen molar-refractivity contribution in [2.75, 3.05) is 19.0 Å². The Bertz CT molecular complexity index is 954. The highest BCUT2D eigenvalue weighted by Crippen LogP contribution is 2.21. The number of nitrogens with one attached hydrogen (secondary N) is 2. The average molecular weight is 349 g/mol. The molecule has 3 aromatic rings. The lowest BCUT2D eigenvalue weighted by Gasteiger charge is -2.07. The van der Waals surface area contributed by atoms with Gasteiger partial charge in [-0.15, -0.1) is 0 Å². The van der Waals surface area contributed by atoms with Crippen molar-refractivity contribution >= 4 is 28.6 Å². The summed E-state index contributed by atoms with van der Waals surface area (Å²) < 4.78 is 5.09. The summed E-state index contributed by atoms with van der Waals surface area (Å²) in [5.74, 6) is 0.350. The largest absolute Gasteiger partial charge is 0.507 e. The fourth-order valence-corrected chi connectivity index (χ4v) is 2.46. The summed E-state index contributed by atoms with van der Waals surface area (Å²) in [6.45, 7) is 0.0831. The van der Waals surface area contributed by atoms with E-state index in [4.69, 9.17) is 4.74 Å². The molecule has 0 atom stereocenters. The zero-order valence-corrected chi connectivity index (χ0v) is 14.3. The van der Waals surface area contributed by atoms with Gasteiger partial charge in [-0.1, -0.05) is 30.3 Å². The molecule has 0 heterocycles. The zero-order valence-electron chi connectivity index (χ0n) is 14.3. The Balaban J connectivity index is 1.55. The number of hydrazone groups is 1. The third-order valence-corrected chi connectivity index (χ3v) is 3.83. The normalized spacial score (nSPS) is 10.8. The van der Waals surface area contributed by atoms with Crippen LogP contribution in [0.2, 0.25) is 0 Å². The maximum Gasteiger partial charge on any atom is 0.259 e. The first kappa shape index (κ1) is 17.3. The quantitative estimate of drug-likeness (QED) is 0.472. The van der Waals surface area contributed by atoms with Crippen LogP contribution < -0.4 is 15.5 Å². The Labute approximate surface area is 151 Å². The molecule has 0 saturated heterocycles. The lowest BCUT2D eigenvalue weighted by Crippen LogP contribution is -2.25. The Morgan fingerprint density at radius 2 is 1.92 bits per heavy atom. The van der Waals surface area contributed by atoms with Crippen LogP contribution in [-0.2, 0) is 4.79 Å². The Kier molecular flexibility index (Phi) is 5.34. The molecule has 132 valence electrons. The number of anilines is 1. The third kappa shape index (κ3) is 4.30. The number of aromatic hydroxyl groups is 1. The number of amides is 1. The van der Waals surface area contributed by atoms with Crippen LogP contribution in [0.4, 0.5) is 5.69 Å². The maximum atomic E-state index is 11.9. The summed E-state index contributed by atoms with van der Waals surface area (Å²) in [6, 6.07) is 18.7. The second kappa shape index (κ2) is 8.02. The van der Waals surface area contributed by atoms with Crippen molar-refractivity contribution < 1.29 is 14.6 Å². The fraction of sp³-hybridized carbons (Fsp3) is 0.100. The van der Waals surface area contributed by atoms with E-state index in [0.29, 0.717) is 11.3 Å². The van der Waals surface area contributed by atoms with Gasteiger partial charge in [-0.2, -0.15) is 5.10 Å². The van der Waals surface area contributed by atoms with E-state index in [1.165, 1.54) is 19.4 Å².